The van der Waals surface area contributed by atoms with Crippen LogP contribution in [-0.2, 0) is 88.0 Å². The Bertz CT molecular complexity index is 4410. The molecule has 4 heterocycles. The number of fused-ring (bicyclic) bond motifs is 2. The van der Waals surface area contributed by atoms with Gasteiger partial charge < -0.3 is 95.9 Å². The zero-order valence-corrected chi connectivity index (χ0v) is 66.5. The SMILES string of the molecule is CCCC(=O)N[C@H](CCCNC(=N)N)C(=O)N1CCC[C@H]1C(=O)N[C@@H](CCCCN)C(=O)N1CCC[C@H]1C(=O)N[C@H](Cc1ccccc1)C(=O)N[C@@H](CCC(N)=O)C(=O)N[C@H](Cc1c[nH]c2ccccc12)C(=O)N[C@@H](Cc1ccccc1)C(=O)N[C@H](Cc1c[nH]c2ccccc12)C(=O)N[C@@H](CC(C)C)C(=O)NC1(C(N)=O)CCCCC1. The molecule has 0 spiro atoms. The number of nitrogens with two attached hydrogens (primary N) is 4. The number of aromatic amines is 2. The highest BCUT2D eigenvalue weighted by molar-refractivity contribution is 6.01. The molecule has 2 saturated heterocycles. The van der Waals surface area contributed by atoms with E-state index in [1.54, 1.807) is 79.1 Å². The molecule has 116 heavy (non-hydrogen) atoms. The number of nitrogens with one attached hydrogen (secondary N) is 13. The van der Waals surface area contributed by atoms with E-state index in [0.717, 1.165) is 17.3 Å². The molecule has 624 valence electrons. The van der Waals surface area contributed by atoms with E-state index in [1.165, 1.54) is 9.80 Å². The van der Waals surface area contributed by atoms with E-state index in [-0.39, 0.29) is 108 Å². The summed E-state index contributed by atoms with van der Waals surface area (Å²) in [4.78, 5) is 198. The molecule has 0 bridgehead atoms. The van der Waals surface area contributed by atoms with Crippen LogP contribution in [0, 0.1) is 11.3 Å². The quantitative estimate of drug-likeness (QED) is 0.0149. The van der Waals surface area contributed by atoms with Crippen molar-refractivity contribution in [2.45, 2.75) is 234 Å². The predicted molar refractivity (Wildman–Crippen MR) is 437 cm³/mol. The lowest BCUT2D eigenvalue weighted by Gasteiger charge is -2.36. The monoisotopic (exact) mass is 1600 g/mol. The van der Waals surface area contributed by atoms with Gasteiger partial charge in [-0.3, -0.25) is 67.7 Å². The zero-order valence-electron chi connectivity index (χ0n) is 66.5. The van der Waals surface area contributed by atoms with Crippen molar-refractivity contribution in [1.29, 1.82) is 5.41 Å². The molecular weight excluding hydrogens is 1480 g/mol. The number of likely N-dealkylation sites (tertiary alicyclic amines) is 2. The van der Waals surface area contributed by atoms with Crippen molar-refractivity contribution in [2.24, 2.45) is 28.9 Å². The third kappa shape index (κ3) is 24.9. The van der Waals surface area contributed by atoms with Crippen LogP contribution in [-0.4, -0.2) is 195 Å². The second-order valence-electron chi connectivity index (χ2n) is 31.1. The molecule has 0 unspecified atom stereocenters. The van der Waals surface area contributed by atoms with Crippen molar-refractivity contribution in [1.82, 2.24) is 72.9 Å². The molecule has 1 saturated carbocycles. The lowest BCUT2D eigenvalue weighted by molar-refractivity contribution is -0.144. The minimum absolute atomic E-state index is 0.0909. The molecule has 21 N–H and O–H groups in total. The molecule has 13 amide bonds. The number of guanidine groups is 1. The number of aromatic nitrogens is 2. The Morgan fingerprint density at radius 1 is 0.483 bits per heavy atom. The summed E-state index contributed by atoms with van der Waals surface area (Å²) in [6, 6.07) is 19.0. The number of carbonyl (C=O) groups is 13. The van der Waals surface area contributed by atoms with Gasteiger partial charge in [0.25, 0.3) is 0 Å². The lowest BCUT2D eigenvalue weighted by atomic mass is 9.80. The van der Waals surface area contributed by atoms with Crippen LogP contribution < -0.4 is 76.1 Å². The van der Waals surface area contributed by atoms with E-state index >= 15 is 33.6 Å². The van der Waals surface area contributed by atoms with Crippen LogP contribution in [0.15, 0.2) is 122 Å². The Labute approximate surface area is 675 Å². The minimum Gasteiger partial charge on any atom is -0.370 e. The molecule has 0 radical (unpaired) electrons. The molecule has 6 aromatic rings. The minimum atomic E-state index is -1.63. The molecule has 10 atom stereocenters. The fourth-order valence-corrected chi connectivity index (χ4v) is 15.7. The second-order valence-corrected chi connectivity index (χ2v) is 31.1. The van der Waals surface area contributed by atoms with Gasteiger partial charge in [-0.2, -0.15) is 0 Å². The average molecular weight is 1600 g/mol. The molecule has 32 heteroatoms. The van der Waals surface area contributed by atoms with E-state index in [2.05, 4.69) is 63.1 Å². The first-order valence-corrected chi connectivity index (χ1v) is 40.6. The van der Waals surface area contributed by atoms with Crippen molar-refractivity contribution in [2.75, 3.05) is 26.2 Å². The van der Waals surface area contributed by atoms with Gasteiger partial charge in [-0.05, 0) is 137 Å². The number of rotatable bonds is 43. The second kappa shape index (κ2) is 43.1. The van der Waals surface area contributed by atoms with E-state index in [0.29, 0.717) is 97.4 Å². The van der Waals surface area contributed by atoms with Gasteiger partial charge in [0.05, 0.1) is 0 Å². The highest BCUT2D eigenvalue weighted by Gasteiger charge is 2.45. The van der Waals surface area contributed by atoms with Crippen molar-refractivity contribution >= 4 is 105 Å². The third-order valence-electron chi connectivity index (χ3n) is 21.8. The molecule has 3 fully saturated rings. The molecule has 1 aliphatic carbocycles. The molecular formula is C84H115N19O13. The Kier molecular flexibility index (Phi) is 32.8. The first-order valence-electron chi connectivity index (χ1n) is 40.6. The van der Waals surface area contributed by atoms with Gasteiger partial charge in [-0.25, -0.2) is 0 Å². The van der Waals surface area contributed by atoms with Gasteiger partial charge in [-0.15, -0.1) is 0 Å². The van der Waals surface area contributed by atoms with Gasteiger partial charge in [0.15, 0.2) is 5.96 Å². The number of primary amides is 2. The Morgan fingerprint density at radius 3 is 1.40 bits per heavy atom. The van der Waals surface area contributed by atoms with Crippen LogP contribution in [0.25, 0.3) is 21.8 Å². The smallest absolute Gasteiger partial charge is 0.245 e. The van der Waals surface area contributed by atoms with Gasteiger partial charge in [0, 0.05) is 92.4 Å². The molecule has 32 nitrogen and oxygen atoms in total. The van der Waals surface area contributed by atoms with E-state index in [9.17, 15) is 28.8 Å². The molecule has 9 rings (SSSR count). The number of nitrogens with zero attached hydrogens (tertiary/aromatic N) is 2. The molecule has 2 aromatic heterocycles. The van der Waals surface area contributed by atoms with Crippen LogP contribution in [0.1, 0.15) is 165 Å². The molecule has 2 aliphatic heterocycles. The van der Waals surface area contributed by atoms with Crippen molar-refractivity contribution in [3.63, 3.8) is 0 Å². The number of para-hydroxylation sites is 2. The Balaban J connectivity index is 0.968. The van der Waals surface area contributed by atoms with Gasteiger partial charge in [0.1, 0.15) is 66.0 Å². The van der Waals surface area contributed by atoms with Crippen molar-refractivity contribution in [3.8, 4) is 0 Å². The maximum absolute atomic E-state index is 15.6. The summed E-state index contributed by atoms with van der Waals surface area (Å²) in [5.74, 6) is -9.61. The summed E-state index contributed by atoms with van der Waals surface area (Å²) in [6.07, 6.45) is 8.32. The summed E-state index contributed by atoms with van der Waals surface area (Å²) in [7, 11) is 0. The first kappa shape index (κ1) is 88.3. The number of hydrogen-bond acceptors (Lipinski definition) is 15. The van der Waals surface area contributed by atoms with E-state index in [4.69, 9.17) is 28.3 Å². The van der Waals surface area contributed by atoms with E-state index in [1.807, 2.05) is 63.2 Å². The topological polar surface area (TPSA) is 508 Å². The highest BCUT2D eigenvalue weighted by Crippen LogP contribution is 2.30. The maximum atomic E-state index is 15.6. The number of amides is 13. The fraction of sp³-hybridized carbons (Fsp3) is 0.500. The van der Waals surface area contributed by atoms with Crippen LogP contribution in [0.4, 0.5) is 0 Å². The van der Waals surface area contributed by atoms with Gasteiger partial charge >= 0.3 is 0 Å². The van der Waals surface area contributed by atoms with Crippen molar-refractivity contribution < 1.29 is 62.3 Å². The summed E-state index contributed by atoms with van der Waals surface area (Å²) in [5, 5.41) is 37.5. The normalized spacial score (nSPS) is 17.2. The molecule has 3 aliphatic rings. The standard InChI is InChI=1S/C84H115N19O13/c1-4-23-71(105)93-61(33-20-41-90-83(88)89)80(114)102-42-21-34-68(102)78(112)95-62(32-16-19-40-85)81(115)103-43-22-35-69(103)79(113)100-65(46-53-26-10-6-11-27-53)73(107)94-60(36-37-70(86)104)72(106)98-66(47-54-49-91-58-30-14-12-28-56(54)58)76(110)97-64(45-52-24-8-5-9-25-52)74(108)99-67(48-55-50-92-59-31-15-13-29-57(55)59)75(109)96-63(44-51(2)3)77(111)101-84(82(87)116)38-17-7-18-39-84/h5-6,8-15,24-31,49-51,60-69,91-92H,4,7,16-23,32-48,85H2,1-3H3,(H2,86,104)(H2,87,116)(H,93,105)(H,94,107)(H,95,112)(H,96,109)(H,97,110)(H,98,106)(H,99,108)(H,100,113)(H,101,111)(H4,88,89,90)/t60-,61+,62-,63-,64-,65+,66+,67+,68-,69-/m0/s1. The number of benzene rings is 4. The third-order valence-corrected chi connectivity index (χ3v) is 21.8. The fourth-order valence-electron chi connectivity index (χ4n) is 15.7. The zero-order chi connectivity index (χ0) is 83.4. The van der Waals surface area contributed by atoms with Crippen LogP contribution in [0.5, 0.6) is 0 Å². The van der Waals surface area contributed by atoms with Crippen molar-refractivity contribution in [3.05, 3.63) is 144 Å². The highest BCUT2D eigenvalue weighted by atomic mass is 16.2. The summed E-state index contributed by atoms with van der Waals surface area (Å²) in [6.45, 7) is 6.41. The Morgan fingerprint density at radius 2 is 0.922 bits per heavy atom. The number of unbranched alkanes of at least 4 members (excludes halogenated alkanes) is 1. The maximum Gasteiger partial charge on any atom is 0.245 e. The van der Waals surface area contributed by atoms with Crippen LogP contribution in [0.2, 0.25) is 0 Å². The van der Waals surface area contributed by atoms with Gasteiger partial charge in [0.2, 0.25) is 76.8 Å². The van der Waals surface area contributed by atoms with E-state index < -0.39 is 150 Å². The average Bonchev–Trinajstić information content (AvgIpc) is 1.35. The van der Waals surface area contributed by atoms with Gasteiger partial charge in [-0.1, -0.05) is 137 Å². The largest absolute Gasteiger partial charge is 0.370 e. The first-order chi connectivity index (χ1) is 55.7. The van der Waals surface area contributed by atoms with Crippen LogP contribution >= 0.6 is 0 Å². The molecule has 4 aromatic carbocycles. The number of H-pyrrole nitrogens is 2. The number of carbonyl (C=O) groups excluding carboxylic acids is 13. The Hall–Kier alpha value is -11.7. The summed E-state index contributed by atoms with van der Waals surface area (Å²) < 4.78 is 0. The number of hydrogen-bond donors (Lipinski definition) is 17. The lowest BCUT2D eigenvalue weighted by Crippen LogP contribution is -2.63. The summed E-state index contributed by atoms with van der Waals surface area (Å²) in [5.41, 5.74) is 25.6. The predicted octanol–water partition coefficient (Wildman–Crippen LogP) is 2.59. The summed E-state index contributed by atoms with van der Waals surface area (Å²) >= 11 is 0. The van der Waals surface area contributed by atoms with Crippen LogP contribution in [0.3, 0.4) is 0 Å².